The van der Waals surface area contributed by atoms with Crippen molar-refractivity contribution in [3.05, 3.63) is 58.6 Å². The summed E-state index contributed by atoms with van der Waals surface area (Å²) >= 11 is 6.81. The first-order valence-electron chi connectivity index (χ1n) is 10.0. The van der Waals surface area contributed by atoms with Gasteiger partial charge in [0.15, 0.2) is 0 Å². The fraction of sp³-hybridized carbons (Fsp3) is 0.300. The molecule has 4 rings (SSSR count). The van der Waals surface area contributed by atoms with Gasteiger partial charge in [-0.1, -0.05) is 11.6 Å². The molecular weight excluding hydrogens is 532 g/mol. The highest BCUT2D eigenvalue weighted by molar-refractivity contribution is 7.92. The van der Waals surface area contributed by atoms with Gasteiger partial charge in [-0.2, -0.15) is 17.5 Å². The largest absolute Gasteiger partial charge is 0.433 e. The highest BCUT2D eigenvalue weighted by Gasteiger charge is 2.43. The SMILES string of the molecule is N=S(=O)(c1ccc(Cl)s1)N1C[C@H](F)C[C@H]1C(=O)NCc1cc(-c2ccc(C(F)(F)F)nc2)ncn1. The van der Waals surface area contributed by atoms with Gasteiger partial charge in [0.25, 0.3) is 0 Å². The Morgan fingerprint density at radius 3 is 2.66 bits per heavy atom. The molecule has 3 aromatic rings. The molecule has 3 aromatic heterocycles. The molecule has 0 radical (unpaired) electrons. The Kier molecular flexibility index (Phi) is 7.09. The van der Waals surface area contributed by atoms with Gasteiger partial charge in [-0.3, -0.25) is 9.78 Å². The molecule has 8 nitrogen and oxygen atoms in total. The Morgan fingerprint density at radius 2 is 2.03 bits per heavy atom. The summed E-state index contributed by atoms with van der Waals surface area (Å²) in [7, 11) is -3.63. The molecule has 1 amide bonds. The monoisotopic (exact) mass is 548 g/mol. The van der Waals surface area contributed by atoms with Gasteiger partial charge in [-0.05, 0) is 30.3 Å². The van der Waals surface area contributed by atoms with Crippen LogP contribution in [0.4, 0.5) is 17.6 Å². The molecule has 0 saturated carbocycles. The lowest BCUT2D eigenvalue weighted by Crippen LogP contribution is -2.45. The zero-order valence-corrected chi connectivity index (χ0v) is 20.0. The number of thiophene rings is 1. The molecule has 0 aliphatic carbocycles. The highest BCUT2D eigenvalue weighted by atomic mass is 35.5. The van der Waals surface area contributed by atoms with E-state index in [-0.39, 0.29) is 23.7 Å². The third kappa shape index (κ3) is 5.60. The highest BCUT2D eigenvalue weighted by Crippen LogP contribution is 2.34. The van der Waals surface area contributed by atoms with Crippen LogP contribution in [0.15, 0.2) is 47.1 Å². The minimum atomic E-state index is -4.56. The van der Waals surface area contributed by atoms with Crippen LogP contribution in [0.25, 0.3) is 11.3 Å². The van der Waals surface area contributed by atoms with E-state index in [1.807, 2.05) is 0 Å². The first-order chi connectivity index (χ1) is 16.4. The molecule has 0 bridgehead atoms. The van der Waals surface area contributed by atoms with Crippen molar-refractivity contribution in [1.29, 1.82) is 4.78 Å². The number of aromatic nitrogens is 3. The third-order valence-corrected chi connectivity index (χ3v) is 8.88. The lowest BCUT2D eigenvalue weighted by atomic mass is 10.1. The number of carbonyl (C=O) groups is 1. The van der Waals surface area contributed by atoms with Crippen molar-refractivity contribution in [1.82, 2.24) is 24.6 Å². The molecular formula is C20H17ClF4N6O2S2. The van der Waals surface area contributed by atoms with Gasteiger partial charge in [0.1, 0.15) is 38.4 Å². The van der Waals surface area contributed by atoms with Crippen molar-refractivity contribution >= 4 is 38.8 Å². The van der Waals surface area contributed by atoms with E-state index in [2.05, 4.69) is 20.3 Å². The first-order valence-corrected chi connectivity index (χ1v) is 12.7. The van der Waals surface area contributed by atoms with E-state index >= 15 is 0 Å². The van der Waals surface area contributed by atoms with Crippen LogP contribution in [0, 0.1) is 4.78 Å². The molecule has 1 aliphatic rings. The lowest BCUT2D eigenvalue weighted by molar-refractivity contribution is -0.141. The number of nitrogens with zero attached hydrogens (tertiary/aromatic N) is 4. The van der Waals surface area contributed by atoms with E-state index in [9.17, 15) is 26.6 Å². The van der Waals surface area contributed by atoms with E-state index in [1.54, 1.807) is 0 Å². The number of carbonyl (C=O) groups excluding carboxylic acids is 1. The molecule has 4 heterocycles. The van der Waals surface area contributed by atoms with Crippen molar-refractivity contribution in [3.8, 4) is 11.3 Å². The summed E-state index contributed by atoms with van der Waals surface area (Å²) in [6, 6.07) is 5.28. The summed E-state index contributed by atoms with van der Waals surface area (Å²) in [5.41, 5.74) is -0.0913. The van der Waals surface area contributed by atoms with E-state index in [0.717, 1.165) is 27.9 Å². The molecule has 2 N–H and O–H groups in total. The van der Waals surface area contributed by atoms with E-state index in [0.29, 0.717) is 21.3 Å². The standard InChI is InChI=1S/C20H17ClF4N6O2S2/c21-17-3-4-18(34-17)35(26,33)31-9-12(22)5-15(31)19(32)28-8-13-6-14(30-10-29-13)11-1-2-16(27-7-11)20(23,24)25/h1-4,6-7,10,12,15,26H,5,8-9H2,(H,28,32)/t12-,15+,35?/m1/s1. The smallest absolute Gasteiger partial charge is 0.349 e. The summed E-state index contributed by atoms with van der Waals surface area (Å²) in [6.07, 6.45) is -4.01. The maximum atomic E-state index is 14.2. The predicted molar refractivity (Wildman–Crippen MR) is 121 cm³/mol. The fourth-order valence-corrected chi connectivity index (χ4v) is 6.82. The third-order valence-electron chi connectivity index (χ3n) is 5.18. The van der Waals surface area contributed by atoms with Gasteiger partial charge in [-0.25, -0.2) is 23.3 Å². The zero-order chi connectivity index (χ0) is 25.4. The number of alkyl halides is 4. The maximum Gasteiger partial charge on any atom is 0.433 e. The van der Waals surface area contributed by atoms with Crippen LogP contribution in [0.3, 0.4) is 0 Å². The van der Waals surface area contributed by atoms with E-state index < -0.39 is 39.9 Å². The number of rotatable bonds is 6. The minimum Gasteiger partial charge on any atom is -0.349 e. The molecule has 3 atom stereocenters. The Balaban J connectivity index is 1.46. The molecule has 186 valence electrons. The van der Waals surface area contributed by atoms with Crippen LogP contribution in [0.2, 0.25) is 4.34 Å². The van der Waals surface area contributed by atoms with Crippen LogP contribution >= 0.6 is 22.9 Å². The Labute approximate surface area is 206 Å². The first kappa shape index (κ1) is 25.4. The number of halogens is 5. The van der Waals surface area contributed by atoms with Gasteiger partial charge in [0.2, 0.25) is 5.91 Å². The molecule has 35 heavy (non-hydrogen) atoms. The zero-order valence-electron chi connectivity index (χ0n) is 17.6. The summed E-state index contributed by atoms with van der Waals surface area (Å²) in [5, 5.41) is 2.59. The van der Waals surface area contributed by atoms with Gasteiger partial charge in [0, 0.05) is 24.7 Å². The second-order valence-corrected chi connectivity index (χ2v) is 11.5. The second-order valence-electron chi connectivity index (χ2n) is 7.58. The van der Waals surface area contributed by atoms with Gasteiger partial charge in [0.05, 0.1) is 22.3 Å². The Hall–Kier alpha value is -2.68. The van der Waals surface area contributed by atoms with Gasteiger partial charge >= 0.3 is 6.18 Å². The van der Waals surface area contributed by atoms with Crippen molar-refractivity contribution in [2.75, 3.05) is 6.54 Å². The number of amides is 1. The van der Waals surface area contributed by atoms with Crippen LogP contribution in [0.1, 0.15) is 17.8 Å². The molecule has 1 aliphatic heterocycles. The topological polar surface area (TPSA) is 112 Å². The van der Waals surface area contributed by atoms with Crippen molar-refractivity contribution in [3.63, 3.8) is 0 Å². The summed E-state index contributed by atoms with van der Waals surface area (Å²) in [5.74, 6) is -0.635. The van der Waals surface area contributed by atoms with Gasteiger partial charge < -0.3 is 5.32 Å². The van der Waals surface area contributed by atoms with Crippen molar-refractivity contribution in [2.45, 2.75) is 35.6 Å². The molecule has 1 fully saturated rings. The number of hydrogen-bond donors (Lipinski definition) is 2. The summed E-state index contributed by atoms with van der Waals surface area (Å²) in [6.45, 7) is -0.442. The van der Waals surface area contributed by atoms with E-state index in [4.69, 9.17) is 16.4 Å². The molecule has 0 aromatic carbocycles. The van der Waals surface area contributed by atoms with Gasteiger partial charge in [-0.15, -0.1) is 11.3 Å². The van der Waals surface area contributed by atoms with Crippen molar-refractivity contribution < 1.29 is 26.6 Å². The number of nitrogens with one attached hydrogen (secondary N) is 2. The predicted octanol–water partition coefficient (Wildman–Crippen LogP) is 4.32. The normalized spacial score (nSPS) is 20.5. The Morgan fingerprint density at radius 1 is 1.26 bits per heavy atom. The average Bonchev–Trinajstić information content (AvgIpc) is 3.44. The van der Waals surface area contributed by atoms with Crippen LogP contribution in [-0.2, 0) is 27.4 Å². The number of pyridine rings is 1. The van der Waals surface area contributed by atoms with Crippen LogP contribution in [-0.4, -0.2) is 48.1 Å². The average molecular weight is 549 g/mol. The van der Waals surface area contributed by atoms with E-state index in [1.165, 1.54) is 30.6 Å². The quantitative estimate of drug-likeness (QED) is 0.446. The fourth-order valence-electron chi connectivity index (χ4n) is 3.50. The second kappa shape index (κ2) is 9.76. The minimum absolute atomic E-state index is 0.103. The summed E-state index contributed by atoms with van der Waals surface area (Å²) < 4.78 is 75.3. The van der Waals surface area contributed by atoms with Crippen LogP contribution in [0.5, 0.6) is 0 Å². The van der Waals surface area contributed by atoms with Crippen molar-refractivity contribution in [2.24, 2.45) is 0 Å². The van der Waals surface area contributed by atoms with Crippen LogP contribution < -0.4 is 5.32 Å². The lowest BCUT2D eigenvalue weighted by Gasteiger charge is -2.24. The summed E-state index contributed by atoms with van der Waals surface area (Å²) in [4.78, 5) is 24.3. The number of hydrogen-bond acceptors (Lipinski definition) is 7. The molecule has 1 saturated heterocycles. The Bertz CT molecular complexity index is 1330. The molecule has 0 spiro atoms. The molecule has 15 heteroatoms. The maximum absolute atomic E-state index is 14.2. The molecule has 1 unspecified atom stereocenters.